The van der Waals surface area contributed by atoms with E-state index in [0.717, 1.165) is 24.5 Å². The zero-order chi connectivity index (χ0) is 19.5. The zero-order valence-corrected chi connectivity index (χ0v) is 15.8. The lowest BCUT2D eigenvalue weighted by Crippen LogP contribution is -2.44. The summed E-state index contributed by atoms with van der Waals surface area (Å²) >= 11 is 0. The van der Waals surface area contributed by atoms with Gasteiger partial charge in [0.25, 0.3) is 0 Å². The van der Waals surface area contributed by atoms with Crippen LogP contribution in [0.2, 0.25) is 0 Å². The van der Waals surface area contributed by atoms with E-state index in [2.05, 4.69) is 20.6 Å². The summed E-state index contributed by atoms with van der Waals surface area (Å²) in [6, 6.07) is 8.60. The van der Waals surface area contributed by atoms with Crippen molar-refractivity contribution >= 4 is 5.91 Å². The second kappa shape index (κ2) is 7.92. The highest BCUT2D eigenvalue weighted by atomic mass is 19.1. The number of amides is 1. The second-order valence-corrected chi connectivity index (χ2v) is 7.26. The molecular weight excluding hydrogens is 359 g/mol. The van der Waals surface area contributed by atoms with Crippen molar-refractivity contribution in [2.24, 2.45) is 7.05 Å². The Balaban J connectivity index is 1.25. The fraction of sp³-hybridized carbons (Fsp3) is 0.400. The summed E-state index contributed by atoms with van der Waals surface area (Å²) in [5.74, 6) is 1.80. The van der Waals surface area contributed by atoms with Crippen LogP contribution >= 0.6 is 0 Å². The maximum absolute atomic E-state index is 13.6. The molecule has 2 aromatic heterocycles. The van der Waals surface area contributed by atoms with Gasteiger partial charge < -0.3 is 9.88 Å². The predicted octanol–water partition coefficient (Wildman–Crippen LogP) is 2.19. The molecule has 3 aromatic rings. The van der Waals surface area contributed by atoms with Gasteiger partial charge in [-0.1, -0.05) is 18.2 Å². The first kappa shape index (κ1) is 18.3. The number of halogens is 1. The predicted molar refractivity (Wildman–Crippen MR) is 101 cm³/mol. The number of nitrogens with one attached hydrogen (secondary N) is 1. The number of nitrogens with zero attached hydrogens (tertiary/aromatic N) is 5. The molecule has 1 saturated carbocycles. The molecule has 1 aliphatic carbocycles. The normalized spacial score (nSPS) is 18.6. The van der Waals surface area contributed by atoms with Gasteiger partial charge in [0.15, 0.2) is 5.82 Å². The van der Waals surface area contributed by atoms with Gasteiger partial charge in [-0.3, -0.25) is 9.48 Å². The molecule has 0 spiro atoms. The van der Waals surface area contributed by atoms with E-state index >= 15 is 0 Å². The monoisotopic (exact) mass is 382 g/mol. The summed E-state index contributed by atoms with van der Waals surface area (Å²) in [5.41, 5.74) is 0.577. The van der Waals surface area contributed by atoms with Crippen molar-refractivity contribution in [1.29, 1.82) is 0 Å². The van der Waals surface area contributed by atoms with E-state index in [9.17, 15) is 9.18 Å². The van der Waals surface area contributed by atoms with Crippen LogP contribution in [0.3, 0.4) is 0 Å². The molecule has 1 amide bonds. The number of carbonyl (C=O) groups excluding carboxylic acids is 1. The molecule has 7 nitrogen and oxygen atoms in total. The number of hydrogen-bond donors (Lipinski definition) is 1. The molecule has 0 saturated heterocycles. The Morgan fingerprint density at radius 2 is 2.07 bits per heavy atom. The summed E-state index contributed by atoms with van der Waals surface area (Å²) in [6.07, 6.45) is 6.03. The van der Waals surface area contributed by atoms with Crippen molar-refractivity contribution < 1.29 is 9.18 Å². The molecule has 1 aliphatic rings. The van der Waals surface area contributed by atoms with Gasteiger partial charge in [-0.15, -0.1) is 10.2 Å². The molecule has 28 heavy (non-hydrogen) atoms. The van der Waals surface area contributed by atoms with Crippen LogP contribution in [0.15, 0.2) is 42.7 Å². The Morgan fingerprint density at radius 3 is 2.82 bits per heavy atom. The van der Waals surface area contributed by atoms with Crippen LogP contribution < -0.4 is 5.32 Å². The highest BCUT2D eigenvalue weighted by molar-refractivity contribution is 5.76. The third-order valence-corrected chi connectivity index (χ3v) is 5.31. The molecule has 146 valence electrons. The first-order valence-corrected chi connectivity index (χ1v) is 9.48. The minimum atomic E-state index is -0.257. The van der Waals surface area contributed by atoms with E-state index in [4.69, 9.17) is 0 Å². The summed E-state index contributed by atoms with van der Waals surface area (Å²) in [5, 5.41) is 15.8. The van der Waals surface area contributed by atoms with E-state index < -0.39 is 0 Å². The molecule has 0 unspecified atom stereocenters. The molecule has 0 aliphatic heterocycles. The van der Waals surface area contributed by atoms with Crippen LogP contribution in [0.25, 0.3) is 0 Å². The highest BCUT2D eigenvalue weighted by Gasteiger charge is 2.34. The molecule has 2 heterocycles. The molecule has 0 radical (unpaired) electrons. The minimum absolute atomic E-state index is 0.0379. The minimum Gasteiger partial charge on any atom is -0.353 e. The number of aryl methyl sites for hydroxylation is 1. The Kier molecular flexibility index (Phi) is 5.18. The quantitative estimate of drug-likeness (QED) is 0.680. The third kappa shape index (κ3) is 3.95. The first-order chi connectivity index (χ1) is 13.6. The molecule has 0 atom stereocenters. The van der Waals surface area contributed by atoms with Crippen LogP contribution in [0, 0.1) is 5.82 Å². The summed E-state index contributed by atoms with van der Waals surface area (Å²) in [6.45, 7) is 0.583. The van der Waals surface area contributed by atoms with Gasteiger partial charge in [-0.25, -0.2) is 4.39 Å². The summed E-state index contributed by atoms with van der Waals surface area (Å²) in [4.78, 5) is 12.1. The molecular formula is C20H23FN6O. The molecule has 1 fully saturated rings. The Hall–Kier alpha value is -3.03. The van der Waals surface area contributed by atoms with Gasteiger partial charge in [0.1, 0.15) is 18.2 Å². The van der Waals surface area contributed by atoms with Crippen LogP contribution in [0.1, 0.15) is 42.4 Å². The van der Waals surface area contributed by atoms with Crippen molar-refractivity contribution in [3.63, 3.8) is 0 Å². The van der Waals surface area contributed by atoms with Gasteiger partial charge in [-0.2, -0.15) is 5.10 Å². The average molecular weight is 382 g/mol. The van der Waals surface area contributed by atoms with Gasteiger partial charge in [0.2, 0.25) is 5.91 Å². The number of aromatic nitrogens is 5. The zero-order valence-electron chi connectivity index (χ0n) is 15.8. The van der Waals surface area contributed by atoms with Gasteiger partial charge >= 0.3 is 0 Å². The number of hydrogen-bond acceptors (Lipinski definition) is 4. The topological polar surface area (TPSA) is 77.6 Å². The number of benzene rings is 1. The third-order valence-electron chi connectivity index (χ3n) is 5.31. The lowest BCUT2D eigenvalue weighted by Gasteiger charge is -2.35. The van der Waals surface area contributed by atoms with Crippen molar-refractivity contribution in [3.8, 4) is 0 Å². The molecule has 0 bridgehead atoms. The van der Waals surface area contributed by atoms with Crippen molar-refractivity contribution in [3.05, 3.63) is 65.8 Å². The maximum atomic E-state index is 13.6. The number of carbonyl (C=O) groups is 1. The average Bonchev–Trinajstić information content (AvgIpc) is 3.28. The van der Waals surface area contributed by atoms with Crippen LogP contribution in [-0.2, 0) is 24.8 Å². The van der Waals surface area contributed by atoms with Crippen molar-refractivity contribution in [2.75, 3.05) is 0 Å². The lowest BCUT2D eigenvalue weighted by molar-refractivity contribution is -0.122. The maximum Gasteiger partial charge on any atom is 0.220 e. The van der Waals surface area contributed by atoms with Crippen LogP contribution in [0.4, 0.5) is 4.39 Å². The van der Waals surface area contributed by atoms with Crippen molar-refractivity contribution in [1.82, 2.24) is 29.9 Å². The molecule has 1 aromatic carbocycles. The second-order valence-electron chi connectivity index (χ2n) is 7.26. The lowest BCUT2D eigenvalue weighted by atomic mass is 9.79. The van der Waals surface area contributed by atoms with Crippen LogP contribution in [-0.4, -0.2) is 36.5 Å². The molecule has 4 rings (SSSR count). The Bertz CT molecular complexity index is 946. The van der Waals surface area contributed by atoms with E-state index in [1.165, 1.54) is 6.07 Å². The largest absolute Gasteiger partial charge is 0.353 e. The molecule has 8 heteroatoms. The van der Waals surface area contributed by atoms with Crippen molar-refractivity contribution in [2.45, 2.75) is 44.2 Å². The molecule has 1 N–H and O–H groups in total. The van der Waals surface area contributed by atoms with E-state index in [-0.39, 0.29) is 17.8 Å². The van der Waals surface area contributed by atoms with Crippen LogP contribution in [0.5, 0.6) is 0 Å². The fourth-order valence-corrected chi connectivity index (χ4v) is 3.60. The van der Waals surface area contributed by atoms with Gasteiger partial charge in [-0.05, 0) is 37.0 Å². The smallest absolute Gasteiger partial charge is 0.220 e. The fourth-order valence-electron chi connectivity index (χ4n) is 3.60. The summed E-state index contributed by atoms with van der Waals surface area (Å²) < 4.78 is 17.5. The number of rotatable bonds is 7. The van der Waals surface area contributed by atoms with Gasteiger partial charge in [0, 0.05) is 37.8 Å². The standard InChI is InChI=1S/C20H23FN6O/c1-26-18(13-27-10-4-9-22-27)24-25-20(26)15-11-16(12-15)23-19(28)8-7-14-5-2-3-6-17(14)21/h2-6,9-10,15-16H,7-8,11-13H2,1H3,(H,23,28). The first-order valence-electron chi connectivity index (χ1n) is 9.48. The Labute approximate surface area is 162 Å². The van der Waals surface area contributed by atoms with E-state index in [1.54, 1.807) is 24.4 Å². The van der Waals surface area contributed by atoms with Gasteiger partial charge in [0.05, 0.1) is 0 Å². The SMILES string of the molecule is Cn1c(Cn2cccn2)nnc1C1CC(NC(=O)CCc2ccccc2F)C1. The summed E-state index contributed by atoms with van der Waals surface area (Å²) in [7, 11) is 1.97. The van der Waals surface area contributed by atoms with E-state index in [1.807, 2.05) is 28.6 Å². The Morgan fingerprint density at radius 1 is 1.25 bits per heavy atom. The van der Waals surface area contributed by atoms with E-state index in [0.29, 0.717) is 30.9 Å². The highest BCUT2D eigenvalue weighted by Crippen LogP contribution is 2.36.